The number of aryl methyl sites for hydroxylation is 2. The van der Waals surface area contributed by atoms with Crippen molar-refractivity contribution >= 4 is 40.1 Å². The number of thiazole rings is 1. The molecule has 0 aliphatic carbocycles. The van der Waals surface area contributed by atoms with E-state index in [1.54, 1.807) is 12.3 Å². The van der Waals surface area contributed by atoms with Gasteiger partial charge in [-0.3, -0.25) is 9.59 Å². The SMILES string of the molecule is CCOC(=O)Cc1csc(NC(=O)CSc2nnc(CCc3ccccc3)n2C)n1. The summed E-state index contributed by atoms with van der Waals surface area (Å²) in [7, 11) is 1.91. The Morgan fingerprint density at radius 2 is 2.00 bits per heavy atom. The average Bonchev–Trinajstić information content (AvgIpc) is 3.31. The van der Waals surface area contributed by atoms with Crippen molar-refractivity contribution in [1.29, 1.82) is 0 Å². The molecule has 8 nitrogen and oxygen atoms in total. The number of carbonyl (C=O) groups is 2. The van der Waals surface area contributed by atoms with Crippen molar-refractivity contribution < 1.29 is 14.3 Å². The van der Waals surface area contributed by atoms with Gasteiger partial charge in [-0.1, -0.05) is 42.1 Å². The number of anilines is 1. The molecule has 1 N–H and O–H groups in total. The van der Waals surface area contributed by atoms with Crippen LogP contribution >= 0.6 is 23.1 Å². The molecule has 2 aromatic heterocycles. The van der Waals surface area contributed by atoms with Gasteiger partial charge in [-0.05, 0) is 18.9 Å². The zero-order valence-electron chi connectivity index (χ0n) is 16.8. The van der Waals surface area contributed by atoms with E-state index >= 15 is 0 Å². The van der Waals surface area contributed by atoms with E-state index in [0.29, 0.717) is 22.6 Å². The van der Waals surface area contributed by atoms with Crippen molar-refractivity contribution in [3.8, 4) is 0 Å². The third-order valence-electron chi connectivity index (χ3n) is 4.17. The van der Waals surface area contributed by atoms with Crippen LogP contribution in [0.15, 0.2) is 40.9 Å². The number of esters is 1. The summed E-state index contributed by atoms with van der Waals surface area (Å²) in [6.45, 7) is 2.09. The molecule has 3 aromatic rings. The van der Waals surface area contributed by atoms with Gasteiger partial charge in [0.25, 0.3) is 0 Å². The number of ether oxygens (including phenoxy) is 1. The summed E-state index contributed by atoms with van der Waals surface area (Å²) in [5.74, 6) is 0.551. The fourth-order valence-electron chi connectivity index (χ4n) is 2.68. The Bertz CT molecular complexity index is 988. The molecule has 2 heterocycles. The van der Waals surface area contributed by atoms with E-state index in [-0.39, 0.29) is 24.1 Å². The van der Waals surface area contributed by atoms with E-state index in [1.807, 2.05) is 29.8 Å². The molecule has 0 aliphatic heterocycles. The number of hydrogen-bond donors (Lipinski definition) is 1. The minimum atomic E-state index is -0.332. The van der Waals surface area contributed by atoms with Gasteiger partial charge in [-0.15, -0.1) is 21.5 Å². The molecule has 158 valence electrons. The van der Waals surface area contributed by atoms with Crippen LogP contribution in [0.25, 0.3) is 0 Å². The second kappa shape index (κ2) is 10.9. The molecule has 0 radical (unpaired) electrons. The van der Waals surface area contributed by atoms with E-state index in [9.17, 15) is 9.59 Å². The Balaban J connectivity index is 1.46. The second-order valence-electron chi connectivity index (χ2n) is 6.41. The summed E-state index contributed by atoms with van der Waals surface area (Å²) in [6, 6.07) is 10.2. The molecule has 0 spiro atoms. The number of hydrogen-bond acceptors (Lipinski definition) is 8. The summed E-state index contributed by atoms with van der Waals surface area (Å²) < 4.78 is 6.82. The lowest BCUT2D eigenvalue weighted by atomic mass is 10.1. The van der Waals surface area contributed by atoms with Crippen LogP contribution in [0, 0.1) is 0 Å². The molecule has 0 fully saturated rings. The standard InChI is InChI=1S/C20H23N5O3S2/c1-3-28-18(27)11-15-12-29-19(21-15)22-17(26)13-30-20-24-23-16(25(20)2)10-9-14-7-5-4-6-8-14/h4-8,12H,3,9-11,13H2,1-2H3,(H,21,22,26). The maximum Gasteiger partial charge on any atom is 0.311 e. The smallest absolute Gasteiger partial charge is 0.311 e. The predicted octanol–water partition coefficient (Wildman–Crippen LogP) is 2.89. The molecule has 0 bridgehead atoms. The third kappa shape index (κ3) is 6.39. The molecule has 3 rings (SSSR count). The molecule has 0 saturated heterocycles. The minimum Gasteiger partial charge on any atom is -0.466 e. The molecule has 1 amide bonds. The molecule has 1 aromatic carbocycles. The van der Waals surface area contributed by atoms with Crippen molar-refractivity contribution in [1.82, 2.24) is 19.7 Å². The van der Waals surface area contributed by atoms with Gasteiger partial charge >= 0.3 is 5.97 Å². The Labute approximate surface area is 183 Å². The van der Waals surface area contributed by atoms with Crippen LogP contribution in [0.3, 0.4) is 0 Å². The van der Waals surface area contributed by atoms with Gasteiger partial charge in [-0.2, -0.15) is 0 Å². The van der Waals surface area contributed by atoms with Gasteiger partial charge in [0.2, 0.25) is 5.91 Å². The summed E-state index contributed by atoms with van der Waals surface area (Å²) in [6.07, 6.45) is 1.76. The largest absolute Gasteiger partial charge is 0.466 e. The first-order valence-corrected chi connectivity index (χ1v) is 11.4. The Hall–Kier alpha value is -2.72. The predicted molar refractivity (Wildman–Crippen MR) is 117 cm³/mol. The van der Waals surface area contributed by atoms with Crippen molar-refractivity contribution in [3.63, 3.8) is 0 Å². The lowest BCUT2D eigenvalue weighted by Crippen LogP contribution is -2.14. The van der Waals surface area contributed by atoms with E-state index in [2.05, 4.69) is 32.6 Å². The van der Waals surface area contributed by atoms with Crippen molar-refractivity contribution in [2.45, 2.75) is 31.3 Å². The van der Waals surface area contributed by atoms with Crippen LogP contribution in [-0.2, 0) is 40.6 Å². The highest BCUT2D eigenvalue weighted by Gasteiger charge is 2.14. The number of nitrogens with zero attached hydrogens (tertiary/aromatic N) is 4. The van der Waals surface area contributed by atoms with Gasteiger partial charge in [0.05, 0.1) is 24.5 Å². The third-order valence-corrected chi connectivity index (χ3v) is 5.99. The molecule has 0 atom stereocenters. The summed E-state index contributed by atoms with van der Waals surface area (Å²) in [5.41, 5.74) is 1.83. The minimum absolute atomic E-state index is 0.0969. The topological polar surface area (TPSA) is 99.0 Å². The first-order chi connectivity index (χ1) is 14.5. The van der Waals surface area contributed by atoms with E-state index in [1.165, 1.54) is 28.7 Å². The Kier molecular flexibility index (Phi) is 7.97. The summed E-state index contributed by atoms with van der Waals surface area (Å²) in [5, 5.41) is 14.1. The van der Waals surface area contributed by atoms with E-state index in [0.717, 1.165) is 18.7 Å². The number of amides is 1. The molecule has 0 aliphatic rings. The number of benzene rings is 1. The fraction of sp³-hybridized carbons (Fsp3) is 0.350. The van der Waals surface area contributed by atoms with Crippen LogP contribution in [0.1, 0.15) is 24.0 Å². The Morgan fingerprint density at radius 1 is 1.20 bits per heavy atom. The van der Waals surface area contributed by atoms with Crippen LogP contribution < -0.4 is 5.32 Å². The molecule has 0 unspecified atom stereocenters. The zero-order valence-corrected chi connectivity index (χ0v) is 18.5. The van der Waals surface area contributed by atoms with Crippen molar-refractivity contribution in [2.75, 3.05) is 17.7 Å². The number of nitrogens with one attached hydrogen (secondary N) is 1. The molecule has 10 heteroatoms. The first-order valence-electron chi connectivity index (χ1n) is 9.50. The lowest BCUT2D eigenvalue weighted by molar-refractivity contribution is -0.142. The quantitative estimate of drug-likeness (QED) is 0.378. The first kappa shape index (κ1) is 22.0. The van der Waals surface area contributed by atoms with E-state index in [4.69, 9.17) is 4.74 Å². The van der Waals surface area contributed by atoms with Gasteiger partial charge in [0.1, 0.15) is 5.82 Å². The van der Waals surface area contributed by atoms with E-state index < -0.39 is 0 Å². The molecular weight excluding hydrogens is 422 g/mol. The fourth-order valence-corrected chi connectivity index (χ4v) is 4.14. The molecule has 30 heavy (non-hydrogen) atoms. The molecular formula is C20H23N5O3S2. The number of carbonyl (C=O) groups excluding carboxylic acids is 2. The zero-order chi connectivity index (χ0) is 21.3. The van der Waals surface area contributed by atoms with Gasteiger partial charge in [0.15, 0.2) is 10.3 Å². The van der Waals surface area contributed by atoms with Crippen molar-refractivity contribution in [3.05, 3.63) is 52.8 Å². The van der Waals surface area contributed by atoms with Crippen LogP contribution in [0.5, 0.6) is 0 Å². The number of rotatable bonds is 10. The van der Waals surface area contributed by atoms with Crippen LogP contribution in [0.2, 0.25) is 0 Å². The highest BCUT2D eigenvalue weighted by atomic mass is 32.2. The highest BCUT2D eigenvalue weighted by molar-refractivity contribution is 7.99. The number of thioether (sulfide) groups is 1. The lowest BCUT2D eigenvalue weighted by Gasteiger charge is -2.04. The number of aromatic nitrogens is 4. The van der Waals surface area contributed by atoms with Gasteiger partial charge in [-0.25, -0.2) is 4.98 Å². The van der Waals surface area contributed by atoms with Crippen LogP contribution in [-0.4, -0.2) is 44.0 Å². The molecule has 0 saturated carbocycles. The Morgan fingerprint density at radius 3 is 2.77 bits per heavy atom. The normalized spacial score (nSPS) is 10.7. The van der Waals surface area contributed by atoms with Crippen molar-refractivity contribution in [2.24, 2.45) is 7.05 Å². The second-order valence-corrected chi connectivity index (χ2v) is 8.21. The van der Waals surface area contributed by atoms with Gasteiger partial charge in [0, 0.05) is 18.8 Å². The summed E-state index contributed by atoms with van der Waals surface area (Å²) in [4.78, 5) is 28.0. The average molecular weight is 446 g/mol. The highest BCUT2D eigenvalue weighted by Crippen LogP contribution is 2.19. The maximum absolute atomic E-state index is 12.2. The van der Waals surface area contributed by atoms with Gasteiger partial charge < -0.3 is 14.6 Å². The van der Waals surface area contributed by atoms with Crippen LogP contribution in [0.4, 0.5) is 5.13 Å². The maximum atomic E-state index is 12.2. The monoisotopic (exact) mass is 445 g/mol. The summed E-state index contributed by atoms with van der Waals surface area (Å²) >= 11 is 2.60.